The van der Waals surface area contributed by atoms with Crippen LogP contribution in [0.3, 0.4) is 0 Å². The smallest absolute Gasteiger partial charge is 0.148 e. The molecule has 100 valence electrons. The Kier molecular flexibility index (Phi) is 3.69. The van der Waals surface area contributed by atoms with Crippen molar-refractivity contribution in [3.8, 4) is 0 Å². The van der Waals surface area contributed by atoms with E-state index in [4.69, 9.17) is 5.73 Å². The molecule has 0 unspecified atom stereocenters. The van der Waals surface area contributed by atoms with E-state index >= 15 is 0 Å². The summed E-state index contributed by atoms with van der Waals surface area (Å²) in [5.41, 5.74) is 8.40. The molecule has 0 radical (unpaired) electrons. The fraction of sp³-hybridized carbons (Fsp3) is 0.200. The number of rotatable bonds is 3. The molecular weight excluding hydrogens is 246 g/mol. The maximum absolute atomic E-state index is 13.5. The van der Waals surface area contributed by atoms with Crippen LogP contribution in [0.4, 0.5) is 20.2 Å². The van der Waals surface area contributed by atoms with Gasteiger partial charge in [-0.15, -0.1) is 0 Å². The van der Waals surface area contributed by atoms with E-state index < -0.39 is 5.82 Å². The average molecular weight is 262 g/mol. The SMILES string of the molecule is Cc1cc(CNc2cccc(F)c2N)cc(C)c1F. The standard InChI is InChI=1S/C15H16F2N2/c1-9-6-11(7-10(2)14(9)17)8-19-13-5-3-4-12(16)15(13)18/h3-7,19H,8,18H2,1-2H3. The van der Waals surface area contributed by atoms with E-state index in [9.17, 15) is 8.78 Å². The van der Waals surface area contributed by atoms with Crippen LogP contribution in [0.2, 0.25) is 0 Å². The Morgan fingerprint density at radius 1 is 1.11 bits per heavy atom. The summed E-state index contributed by atoms with van der Waals surface area (Å²) in [4.78, 5) is 0. The summed E-state index contributed by atoms with van der Waals surface area (Å²) in [5, 5.41) is 3.06. The summed E-state index contributed by atoms with van der Waals surface area (Å²) in [5.74, 6) is -0.634. The number of aryl methyl sites for hydroxylation is 2. The van der Waals surface area contributed by atoms with E-state index in [1.165, 1.54) is 6.07 Å². The highest BCUT2D eigenvalue weighted by Gasteiger charge is 2.06. The van der Waals surface area contributed by atoms with Gasteiger partial charge in [0.05, 0.1) is 11.4 Å². The van der Waals surface area contributed by atoms with Crippen LogP contribution >= 0.6 is 0 Å². The van der Waals surface area contributed by atoms with Crippen molar-refractivity contribution in [1.29, 1.82) is 0 Å². The molecular formula is C15H16F2N2. The van der Waals surface area contributed by atoms with Crippen LogP contribution in [0.1, 0.15) is 16.7 Å². The van der Waals surface area contributed by atoms with E-state index in [2.05, 4.69) is 5.32 Å². The molecule has 0 aliphatic rings. The van der Waals surface area contributed by atoms with Gasteiger partial charge in [0.25, 0.3) is 0 Å². The van der Waals surface area contributed by atoms with Gasteiger partial charge in [-0.3, -0.25) is 0 Å². The van der Waals surface area contributed by atoms with Crippen molar-refractivity contribution in [3.63, 3.8) is 0 Å². The van der Waals surface area contributed by atoms with Gasteiger partial charge in [-0.25, -0.2) is 8.78 Å². The number of nitrogen functional groups attached to an aromatic ring is 1. The second-order valence-electron chi connectivity index (χ2n) is 4.60. The summed E-state index contributed by atoms with van der Waals surface area (Å²) in [6.07, 6.45) is 0. The Bertz CT molecular complexity index is 586. The third-order valence-electron chi connectivity index (χ3n) is 3.03. The van der Waals surface area contributed by atoms with E-state index in [1.807, 2.05) is 0 Å². The van der Waals surface area contributed by atoms with Gasteiger partial charge < -0.3 is 11.1 Å². The summed E-state index contributed by atoms with van der Waals surface area (Å²) in [6.45, 7) is 3.92. The zero-order chi connectivity index (χ0) is 14.0. The lowest BCUT2D eigenvalue weighted by Crippen LogP contribution is -2.05. The number of anilines is 2. The normalized spacial score (nSPS) is 10.5. The first-order chi connectivity index (χ1) is 8.99. The van der Waals surface area contributed by atoms with Crippen molar-refractivity contribution < 1.29 is 8.78 Å². The van der Waals surface area contributed by atoms with Crippen molar-refractivity contribution in [2.45, 2.75) is 20.4 Å². The van der Waals surface area contributed by atoms with Crippen LogP contribution in [0.5, 0.6) is 0 Å². The minimum Gasteiger partial charge on any atom is -0.395 e. The Morgan fingerprint density at radius 3 is 2.37 bits per heavy atom. The first kappa shape index (κ1) is 13.3. The zero-order valence-corrected chi connectivity index (χ0v) is 10.9. The molecule has 3 N–H and O–H groups in total. The van der Waals surface area contributed by atoms with Gasteiger partial charge >= 0.3 is 0 Å². The van der Waals surface area contributed by atoms with Gasteiger partial charge in [-0.1, -0.05) is 18.2 Å². The van der Waals surface area contributed by atoms with Crippen LogP contribution in [-0.4, -0.2) is 0 Å². The predicted molar refractivity (Wildman–Crippen MR) is 74.0 cm³/mol. The number of benzene rings is 2. The van der Waals surface area contributed by atoms with E-state index in [0.717, 1.165) is 5.56 Å². The molecule has 0 saturated heterocycles. The quantitative estimate of drug-likeness (QED) is 0.826. The molecule has 2 nitrogen and oxygen atoms in total. The molecule has 4 heteroatoms. The van der Waals surface area contributed by atoms with E-state index in [1.54, 1.807) is 38.1 Å². The van der Waals surface area contributed by atoms with Gasteiger partial charge in [-0.2, -0.15) is 0 Å². The molecule has 19 heavy (non-hydrogen) atoms. The van der Waals surface area contributed by atoms with Crippen molar-refractivity contribution in [2.75, 3.05) is 11.1 Å². The number of nitrogens with one attached hydrogen (secondary N) is 1. The van der Waals surface area contributed by atoms with Crippen molar-refractivity contribution in [1.82, 2.24) is 0 Å². The number of para-hydroxylation sites is 1. The summed E-state index contributed by atoms with van der Waals surface area (Å²) in [7, 11) is 0. The summed E-state index contributed by atoms with van der Waals surface area (Å²) in [6, 6.07) is 8.15. The minimum absolute atomic E-state index is 0.0954. The molecule has 0 spiro atoms. The molecule has 0 aromatic heterocycles. The largest absolute Gasteiger partial charge is 0.395 e. The zero-order valence-electron chi connectivity index (χ0n) is 10.9. The average Bonchev–Trinajstić information content (AvgIpc) is 2.37. The molecule has 0 aliphatic heterocycles. The van der Waals surface area contributed by atoms with Crippen LogP contribution in [0.25, 0.3) is 0 Å². The lowest BCUT2D eigenvalue weighted by molar-refractivity contribution is 0.608. The third-order valence-corrected chi connectivity index (χ3v) is 3.03. The Hall–Kier alpha value is -2.10. The fourth-order valence-corrected chi connectivity index (χ4v) is 2.03. The Labute approximate surface area is 111 Å². The van der Waals surface area contributed by atoms with E-state index in [0.29, 0.717) is 23.4 Å². The van der Waals surface area contributed by atoms with Crippen molar-refractivity contribution in [2.24, 2.45) is 0 Å². The molecule has 0 atom stereocenters. The fourth-order valence-electron chi connectivity index (χ4n) is 2.03. The molecule has 2 aromatic rings. The number of hydrogen-bond donors (Lipinski definition) is 2. The van der Waals surface area contributed by atoms with E-state index in [-0.39, 0.29) is 11.5 Å². The van der Waals surface area contributed by atoms with Crippen LogP contribution in [0.15, 0.2) is 30.3 Å². The monoisotopic (exact) mass is 262 g/mol. The molecule has 2 aromatic carbocycles. The van der Waals surface area contributed by atoms with Gasteiger partial charge in [0.15, 0.2) is 0 Å². The van der Waals surface area contributed by atoms with Crippen molar-refractivity contribution >= 4 is 11.4 Å². The molecule has 0 bridgehead atoms. The topological polar surface area (TPSA) is 38.0 Å². The minimum atomic E-state index is -0.448. The lowest BCUT2D eigenvalue weighted by Gasteiger charge is -2.11. The van der Waals surface area contributed by atoms with Gasteiger partial charge in [-0.05, 0) is 42.7 Å². The highest BCUT2D eigenvalue weighted by atomic mass is 19.1. The Morgan fingerprint density at radius 2 is 1.74 bits per heavy atom. The Balaban J connectivity index is 2.17. The first-order valence-corrected chi connectivity index (χ1v) is 6.02. The molecule has 2 rings (SSSR count). The lowest BCUT2D eigenvalue weighted by atomic mass is 10.1. The summed E-state index contributed by atoms with van der Waals surface area (Å²) >= 11 is 0. The number of nitrogens with two attached hydrogens (primary N) is 1. The van der Waals surface area contributed by atoms with Gasteiger partial charge in [0, 0.05) is 6.54 Å². The van der Waals surface area contributed by atoms with Crippen LogP contribution in [0, 0.1) is 25.5 Å². The first-order valence-electron chi connectivity index (χ1n) is 6.02. The second-order valence-corrected chi connectivity index (χ2v) is 4.60. The van der Waals surface area contributed by atoms with Crippen LogP contribution < -0.4 is 11.1 Å². The molecule has 0 fully saturated rings. The van der Waals surface area contributed by atoms with Gasteiger partial charge in [0.2, 0.25) is 0 Å². The van der Waals surface area contributed by atoms with Crippen molar-refractivity contribution in [3.05, 3.63) is 58.7 Å². The second kappa shape index (κ2) is 5.26. The maximum atomic E-state index is 13.5. The maximum Gasteiger partial charge on any atom is 0.148 e. The number of halogens is 2. The summed E-state index contributed by atoms with van der Waals surface area (Å²) < 4.78 is 26.8. The predicted octanol–water partition coefficient (Wildman–Crippen LogP) is 3.78. The molecule has 0 amide bonds. The van der Waals surface area contributed by atoms with Crippen LogP contribution in [-0.2, 0) is 6.54 Å². The highest BCUT2D eigenvalue weighted by molar-refractivity contribution is 5.66. The van der Waals surface area contributed by atoms with Gasteiger partial charge in [0.1, 0.15) is 11.6 Å². The highest BCUT2D eigenvalue weighted by Crippen LogP contribution is 2.22. The molecule has 0 aliphatic carbocycles. The molecule has 0 saturated carbocycles. The third kappa shape index (κ3) is 2.84. The number of hydrogen-bond acceptors (Lipinski definition) is 2. The molecule has 0 heterocycles.